The lowest BCUT2D eigenvalue weighted by molar-refractivity contribution is -0.355. The molecule has 0 rings (SSSR count). The van der Waals surface area contributed by atoms with Gasteiger partial charge in [-0.1, -0.05) is 13.3 Å². The average Bonchev–Trinajstić information content (AvgIpc) is 2.03. The Kier molecular flexibility index (Phi) is 5.03. The number of carbonyl (C=O) groups excluding carboxylic acids is 2. The van der Waals surface area contributed by atoms with E-state index in [1.54, 1.807) is 0 Å². The van der Waals surface area contributed by atoms with Crippen LogP contribution >= 0.6 is 0 Å². The van der Waals surface area contributed by atoms with Gasteiger partial charge in [0.05, 0.1) is 12.0 Å². The van der Waals surface area contributed by atoms with E-state index in [0.29, 0.717) is 12.8 Å². The molecule has 0 heterocycles. The fourth-order valence-corrected chi connectivity index (χ4v) is 0.804. The van der Waals surface area contributed by atoms with Crippen LogP contribution in [0.3, 0.4) is 0 Å². The first-order valence-corrected chi connectivity index (χ1v) is 3.91. The minimum absolute atomic E-state index is 0.0491. The molecule has 0 unspecified atom stereocenters. The van der Waals surface area contributed by atoms with Gasteiger partial charge in [0.2, 0.25) is 0 Å². The van der Waals surface area contributed by atoms with Gasteiger partial charge in [0.15, 0.2) is 6.54 Å². The second-order valence-electron chi connectivity index (χ2n) is 2.48. The standard InChI is InChI=1S/C7H14N2O3/c1-2-3-5(7(11)12)9-6(10)4-8/h5H,2-4,8H2,1H3,(H,9,10)(H,11,12)/t5-/m1/s1. The Morgan fingerprint density at radius 2 is 2.17 bits per heavy atom. The number of nitrogens with one attached hydrogen (secondary N) is 1. The number of carbonyl (C=O) groups is 2. The molecule has 0 fully saturated rings. The minimum atomic E-state index is -1.24. The van der Waals surface area contributed by atoms with E-state index >= 15 is 0 Å². The van der Waals surface area contributed by atoms with Crippen molar-refractivity contribution in [1.82, 2.24) is 5.32 Å². The number of hydrogen-bond donors (Lipinski definition) is 2. The Hall–Kier alpha value is -1.10. The molecule has 0 aliphatic carbocycles. The summed E-state index contributed by atoms with van der Waals surface area (Å²) in [6.45, 7) is 1.89. The van der Waals surface area contributed by atoms with Crippen molar-refractivity contribution in [2.45, 2.75) is 25.8 Å². The van der Waals surface area contributed by atoms with Crippen LogP contribution in [0.1, 0.15) is 19.8 Å². The van der Waals surface area contributed by atoms with Gasteiger partial charge in [-0.15, -0.1) is 0 Å². The Morgan fingerprint density at radius 3 is 2.50 bits per heavy atom. The first-order valence-electron chi connectivity index (χ1n) is 3.91. The van der Waals surface area contributed by atoms with E-state index in [-0.39, 0.29) is 12.5 Å². The van der Waals surface area contributed by atoms with E-state index in [0.717, 1.165) is 0 Å². The lowest BCUT2D eigenvalue weighted by Gasteiger charge is -2.17. The predicted molar refractivity (Wildman–Crippen MR) is 39.6 cm³/mol. The molecule has 1 atom stereocenters. The van der Waals surface area contributed by atoms with Crippen molar-refractivity contribution in [1.29, 1.82) is 0 Å². The van der Waals surface area contributed by atoms with Gasteiger partial charge in [-0.25, -0.2) is 0 Å². The van der Waals surface area contributed by atoms with Gasteiger partial charge in [0.1, 0.15) is 0 Å². The molecule has 1 amide bonds. The summed E-state index contributed by atoms with van der Waals surface area (Å²) in [5, 5.41) is 12.7. The Bertz CT molecular complexity index is 168. The van der Waals surface area contributed by atoms with Gasteiger partial charge in [0.25, 0.3) is 5.91 Å². The van der Waals surface area contributed by atoms with E-state index in [2.05, 4.69) is 11.1 Å². The molecule has 4 N–H and O–H groups in total. The normalized spacial score (nSPS) is 12.2. The monoisotopic (exact) mass is 174 g/mol. The highest BCUT2D eigenvalue weighted by atomic mass is 16.4. The molecule has 0 aromatic rings. The molecule has 5 nitrogen and oxygen atoms in total. The number of quaternary nitrogens is 1. The van der Waals surface area contributed by atoms with Gasteiger partial charge >= 0.3 is 0 Å². The SMILES string of the molecule is CCC[C@@H](NC(=O)C[NH3+])C(=O)[O-]. The smallest absolute Gasteiger partial charge is 0.275 e. The van der Waals surface area contributed by atoms with Crippen molar-refractivity contribution in [3.05, 3.63) is 0 Å². The molecule has 0 spiro atoms. The summed E-state index contributed by atoms with van der Waals surface area (Å²) in [6, 6.07) is -0.871. The summed E-state index contributed by atoms with van der Waals surface area (Å²) in [7, 11) is 0. The van der Waals surface area contributed by atoms with Crippen molar-refractivity contribution in [2.75, 3.05) is 6.54 Å². The zero-order chi connectivity index (χ0) is 9.56. The second-order valence-corrected chi connectivity index (χ2v) is 2.48. The fraction of sp³-hybridized carbons (Fsp3) is 0.714. The van der Waals surface area contributed by atoms with Crippen molar-refractivity contribution in [3.8, 4) is 0 Å². The molecule has 0 saturated carbocycles. The van der Waals surface area contributed by atoms with Gasteiger partial charge < -0.3 is 21.0 Å². The molecule has 12 heavy (non-hydrogen) atoms. The minimum Gasteiger partial charge on any atom is -0.548 e. The number of amides is 1. The maximum Gasteiger partial charge on any atom is 0.275 e. The summed E-state index contributed by atoms with van der Waals surface area (Å²) < 4.78 is 0. The highest BCUT2D eigenvalue weighted by Gasteiger charge is 2.11. The van der Waals surface area contributed by atoms with Gasteiger partial charge in [-0.3, -0.25) is 4.79 Å². The number of rotatable bonds is 5. The van der Waals surface area contributed by atoms with Crippen LogP contribution in [0.5, 0.6) is 0 Å². The van der Waals surface area contributed by atoms with E-state index in [4.69, 9.17) is 0 Å². The zero-order valence-corrected chi connectivity index (χ0v) is 7.13. The Morgan fingerprint density at radius 1 is 1.58 bits per heavy atom. The van der Waals surface area contributed by atoms with E-state index in [1.807, 2.05) is 6.92 Å². The first kappa shape index (κ1) is 10.9. The third-order valence-electron chi connectivity index (χ3n) is 1.42. The van der Waals surface area contributed by atoms with Crippen LogP contribution < -0.4 is 16.2 Å². The third-order valence-corrected chi connectivity index (χ3v) is 1.42. The molecule has 0 aromatic carbocycles. The highest BCUT2D eigenvalue weighted by molar-refractivity contribution is 5.82. The van der Waals surface area contributed by atoms with Crippen LogP contribution in [0.2, 0.25) is 0 Å². The van der Waals surface area contributed by atoms with Crippen molar-refractivity contribution in [2.24, 2.45) is 0 Å². The fourth-order valence-electron chi connectivity index (χ4n) is 0.804. The summed E-state index contributed by atoms with van der Waals surface area (Å²) in [5.41, 5.74) is 3.33. The molecule has 0 radical (unpaired) electrons. The molecule has 0 aromatic heterocycles. The van der Waals surface area contributed by atoms with Crippen LogP contribution in [0, 0.1) is 0 Å². The molecular weight excluding hydrogens is 160 g/mol. The largest absolute Gasteiger partial charge is 0.548 e. The average molecular weight is 174 g/mol. The maximum absolute atomic E-state index is 10.7. The number of aliphatic carboxylic acids is 1. The predicted octanol–water partition coefficient (Wildman–Crippen LogP) is -2.74. The van der Waals surface area contributed by atoms with Crippen LogP contribution in [-0.4, -0.2) is 24.5 Å². The zero-order valence-electron chi connectivity index (χ0n) is 7.13. The maximum atomic E-state index is 10.7. The van der Waals surface area contributed by atoms with Crippen LogP contribution in [0.25, 0.3) is 0 Å². The summed E-state index contributed by atoms with van der Waals surface area (Å²) in [4.78, 5) is 21.1. The van der Waals surface area contributed by atoms with Crippen LogP contribution in [0.15, 0.2) is 0 Å². The highest BCUT2D eigenvalue weighted by Crippen LogP contribution is 1.94. The quantitative estimate of drug-likeness (QED) is 0.473. The molecular formula is C7H14N2O3. The van der Waals surface area contributed by atoms with Gasteiger partial charge in [-0.05, 0) is 6.42 Å². The lowest BCUT2D eigenvalue weighted by Crippen LogP contribution is -2.60. The summed E-state index contributed by atoms with van der Waals surface area (Å²) >= 11 is 0. The van der Waals surface area contributed by atoms with E-state index in [9.17, 15) is 14.7 Å². The van der Waals surface area contributed by atoms with Crippen molar-refractivity contribution in [3.63, 3.8) is 0 Å². The first-order chi connectivity index (χ1) is 5.61. The number of carboxylic acids is 1. The molecule has 0 bridgehead atoms. The van der Waals surface area contributed by atoms with Crippen molar-refractivity contribution < 1.29 is 20.4 Å². The molecule has 0 aliphatic rings. The Labute approximate surface area is 70.9 Å². The number of hydrogen-bond acceptors (Lipinski definition) is 3. The summed E-state index contributed by atoms with van der Waals surface area (Å²) in [6.07, 6.45) is 1.09. The summed E-state index contributed by atoms with van der Waals surface area (Å²) in [5.74, 6) is -1.60. The third kappa shape index (κ3) is 3.92. The number of carboxylic acid groups (broad SMARTS) is 1. The molecule has 0 saturated heterocycles. The van der Waals surface area contributed by atoms with Gasteiger partial charge in [-0.2, -0.15) is 0 Å². The molecule has 70 valence electrons. The second kappa shape index (κ2) is 5.54. The molecule has 5 heteroatoms. The van der Waals surface area contributed by atoms with Crippen LogP contribution in [-0.2, 0) is 9.59 Å². The van der Waals surface area contributed by atoms with Gasteiger partial charge in [0, 0.05) is 0 Å². The Balaban J connectivity index is 3.95. The topological polar surface area (TPSA) is 96.9 Å². The van der Waals surface area contributed by atoms with E-state index < -0.39 is 12.0 Å². The molecule has 0 aliphatic heterocycles. The van der Waals surface area contributed by atoms with Crippen LogP contribution in [0.4, 0.5) is 0 Å². The lowest BCUT2D eigenvalue weighted by atomic mass is 10.2. The van der Waals surface area contributed by atoms with E-state index in [1.165, 1.54) is 0 Å². The van der Waals surface area contributed by atoms with Crippen molar-refractivity contribution >= 4 is 11.9 Å².